The number of nitro benzene ring substituents is 1. The van der Waals surface area contributed by atoms with Crippen LogP contribution >= 0.6 is 0 Å². The fourth-order valence-corrected chi connectivity index (χ4v) is 3.37. The first-order valence-corrected chi connectivity index (χ1v) is 7.31. The van der Waals surface area contributed by atoms with E-state index in [-0.39, 0.29) is 16.4 Å². The Morgan fingerprint density at radius 3 is 2.50 bits per heavy atom. The van der Waals surface area contributed by atoms with E-state index in [2.05, 4.69) is 0 Å². The number of hydrogen-bond donors (Lipinski definition) is 0. The highest BCUT2D eigenvalue weighted by Crippen LogP contribution is 2.36. The molecular formula is C18H13NO3. The van der Waals surface area contributed by atoms with Crippen molar-refractivity contribution in [2.75, 3.05) is 0 Å². The molecule has 3 aromatic carbocycles. The molecule has 0 bridgehead atoms. The van der Waals surface area contributed by atoms with Crippen LogP contribution in [0.25, 0.3) is 21.5 Å². The van der Waals surface area contributed by atoms with Gasteiger partial charge in [0.25, 0.3) is 5.69 Å². The van der Waals surface area contributed by atoms with Crippen LogP contribution in [0.1, 0.15) is 28.8 Å². The number of Topliss-reactive ketones (excluding diaryl/α,β-unsaturated/α-hetero) is 1. The second-order valence-electron chi connectivity index (χ2n) is 5.71. The van der Waals surface area contributed by atoms with Crippen molar-refractivity contribution in [3.05, 3.63) is 63.7 Å². The SMILES string of the molecule is O=C1CCCc2cc3c(cc21)cc([N+](=O)[O-])c1ccccc13. The Morgan fingerprint density at radius 2 is 1.73 bits per heavy atom. The molecule has 0 spiro atoms. The van der Waals surface area contributed by atoms with E-state index in [1.165, 1.54) is 0 Å². The van der Waals surface area contributed by atoms with Gasteiger partial charge in [-0.15, -0.1) is 0 Å². The number of aryl methyl sites for hydroxylation is 1. The van der Waals surface area contributed by atoms with E-state index in [0.717, 1.165) is 40.1 Å². The van der Waals surface area contributed by atoms with Crippen LogP contribution in [0, 0.1) is 10.1 Å². The summed E-state index contributed by atoms with van der Waals surface area (Å²) < 4.78 is 0. The van der Waals surface area contributed by atoms with Gasteiger partial charge >= 0.3 is 0 Å². The summed E-state index contributed by atoms with van der Waals surface area (Å²) in [4.78, 5) is 23.1. The second kappa shape index (κ2) is 4.63. The summed E-state index contributed by atoms with van der Waals surface area (Å²) in [6.45, 7) is 0. The van der Waals surface area contributed by atoms with Crippen LogP contribution < -0.4 is 0 Å². The molecule has 3 aromatic rings. The van der Waals surface area contributed by atoms with Gasteiger partial charge in [-0.1, -0.05) is 18.2 Å². The molecule has 108 valence electrons. The van der Waals surface area contributed by atoms with Crippen LogP contribution in [0.4, 0.5) is 5.69 Å². The summed E-state index contributed by atoms with van der Waals surface area (Å²) >= 11 is 0. The van der Waals surface area contributed by atoms with Gasteiger partial charge in [-0.25, -0.2) is 0 Å². The van der Waals surface area contributed by atoms with Gasteiger partial charge in [0.15, 0.2) is 5.78 Å². The summed E-state index contributed by atoms with van der Waals surface area (Å²) in [6, 6.07) is 12.8. The molecule has 4 heteroatoms. The lowest BCUT2D eigenvalue weighted by Crippen LogP contribution is -2.10. The standard InChI is InChI=1S/C18H13NO3/c20-18-7-3-4-11-8-15-12(9-16(11)18)10-17(19(21)22)14-6-2-1-5-13(14)15/h1-2,5-6,8-10H,3-4,7H2. The Morgan fingerprint density at radius 1 is 0.955 bits per heavy atom. The molecule has 4 nitrogen and oxygen atoms in total. The van der Waals surface area contributed by atoms with Crippen LogP contribution in [-0.4, -0.2) is 10.7 Å². The predicted octanol–water partition coefficient (Wildman–Crippen LogP) is 4.42. The third-order valence-electron chi connectivity index (χ3n) is 4.41. The summed E-state index contributed by atoms with van der Waals surface area (Å²) in [5, 5.41) is 14.6. The number of fused-ring (bicyclic) bond motifs is 4. The largest absolute Gasteiger partial charge is 0.294 e. The molecule has 0 fully saturated rings. The highest BCUT2D eigenvalue weighted by Gasteiger charge is 2.21. The summed E-state index contributed by atoms with van der Waals surface area (Å²) in [7, 11) is 0. The number of hydrogen-bond acceptors (Lipinski definition) is 3. The molecule has 0 heterocycles. The Hall–Kier alpha value is -2.75. The third-order valence-corrected chi connectivity index (χ3v) is 4.41. The fourth-order valence-electron chi connectivity index (χ4n) is 3.37. The average molecular weight is 291 g/mol. The third kappa shape index (κ3) is 1.80. The highest BCUT2D eigenvalue weighted by atomic mass is 16.6. The molecule has 1 aliphatic carbocycles. The summed E-state index contributed by atoms with van der Waals surface area (Å²) in [6.07, 6.45) is 2.33. The molecule has 0 unspecified atom stereocenters. The molecule has 22 heavy (non-hydrogen) atoms. The first-order chi connectivity index (χ1) is 10.6. The van der Waals surface area contributed by atoms with Crippen molar-refractivity contribution < 1.29 is 9.72 Å². The van der Waals surface area contributed by atoms with Gasteiger partial charge in [0.05, 0.1) is 10.3 Å². The molecule has 0 aliphatic heterocycles. The first kappa shape index (κ1) is 13.0. The molecule has 0 atom stereocenters. The summed E-state index contributed by atoms with van der Waals surface area (Å²) in [5.74, 6) is 0.138. The van der Waals surface area contributed by atoms with Crippen molar-refractivity contribution in [1.82, 2.24) is 0 Å². The number of nitrogens with zero attached hydrogens (tertiary/aromatic N) is 1. The minimum Gasteiger partial charge on any atom is -0.294 e. The van der Waals surface area contributed by atoms with Crippen molar-refractivity contribution in [3.63, 3.8) is 0 Å². The van der Waals surface area contributed by atoms with E-state index >= 15 is 0 Å². The maximum Gasteiger partial charge on any atom is 0.277 e. The maximum atomic E-state index is 12.1. The zero-order valence-electron chi connectivity index (χ0n) is 11.8. The number of carbonyl (C=O) groups is 1. The fraction of sp³-hybridized carbons (Fsp3) is 0.167. The van der Waals surface area contributed by atoms with E-state index in [1.54, 1.807) is 12.1 Å². The Balaban J connectivity index is 2.16. The van der Waals surface area contributed by atoms with Crippen molar-refractivity contribution in [2.45, 2.75) is 19.3 Å². The lowest BCUT2D eigenvalue weighted by molar-refractivity contribution is -0.382. The monoisotopic (exact) mass is 291 g/mol. The van der Waals surface area contributed by atoms with Gasteiger partial charge in [-0.05, 0) is 52.8 Å². The van der Waals surface area contributed by atoms with Crippen molar-refractivity contribution >= 4 is 33.0 Å². The molecule has 0 saturated heterocycles. The minimum atomic E-state index is -0.358. The van der Waals surface area contributed by atoms with Crippen molar-refractivity contribution in [1.29, 1.82) is 0 Å². The second-order valence-corrected chi connectivity index (χ2v) is 5.71. The van der Waals surface area contributed by atoms with Gasteiger partial charge in [0.2, 0.25) is 0 Å². The van der Waals surface area contributed by atoms with Gasteiger partial charge in [0.1, 0.15) is 0 Å². The normalized spacial score (nSPS) is 14.3. The van der Waals surface area contributed by atoms with Crippen molar-refractivity contribution in [2.24, 2.45) is 0 Å². The van der Waals surface area contributed by atoms with Crippen LogP contribution in [0.5, 0.6) is 0 Å². The van der Waals surface area contributed by atoms with E-state index in [0.29, 0.717) is 11.8 Å². The Bertz CT molecular complexity index is 959. The zero-order chi connectivity index (χ0) is 15.3. The van der Waals surface area contributed by atoms with Gasteiger partial charge < -0.3 is 0 Å². The van der Waals surface area contributed by atoms with E-state index in [4.69, 9.17) is 0 Å². The average Bonchev–Trinajstić information content (AvgIpc) is 2.53. The molecule has 4 rings (SSSR count). The van der Waals surface area contributed by atoms with Crippen LogP contribution in [0.3, 0.4) is 0 Å². The topological polar surface area (TPSA) is 60.2 Å². The predicted molar refractivity (Wildman–Crippen MR) is 85.4 cm³/mol. The van der Waals surface area contributed by atoms with Crippen molar-refractivity contribution in [3.8, 4) is 0 Å². The molecular weight excluding hydrogens is 278 g/mol. The number of ketones is 1. The number of rotatable bonds is 1. The number of nitro groups is 1. The van der Waals surface area contributed by atoms with E-state index in [1.807, 2.05) is 30.3 Å². The zero-order valence-corrected chi connectivity index (χ0v) is 11.8. The molecule has 0 amide bonds. The summed E-state index contributed by atoms with van der Waals surface area (Å²) in [5.41, 5.74) is 1.87. The van der Waals surface area contributed by atoms with E-state index in [9.17, 15) is 14.9 Å². The molecule has 0 aromatic heterocycles. The van der Waals surface area contributed by atoms with Gasteiger partial charge in [0, 0.05) is 18.1 Å². The van der Waals surface area contributed by atoms with E-state index < -0.39 is 0 Å². The Kier molecular flexibility index (Phi) is 2.73. The first-order valence-electron chi connectivity index (χ1n) is 7.31. The lowest BCUT2D eigenvalue weighted by atomic mass is 9.87. The smallest absolute Gasteiger partial charge is 0.277 e. The minimum absolute atomic E-state index is 0.0892. The molecule has 1 aliphatic rings. The quantitative estimate of drug-likeness (QED) is 0.379. The highest BCUT2D eigenvalue weighted by molar-refractivity contribution is 6.14. The number of non-ortho nitro benzene ring substituents is 1. The Labute approximate surface area is 126 Å². The van der Waals surface area contributed by atoms with Gasteiger partial charge in [-0.2, -0.15) is 0 Å². The molecule has 0 saturated carbocycles. The van der Waals surface area contributed by atoms with Crippen LogP contribution in [0.2, 0.25) is 0 Å². The van der Waals surface area contributed by atoms with Crippen LogP contribution in [0.15, 0.2) is 42.5 Å². The number of carbonyl (C=O) groups excluding carboxylic acids is 1. The van der Waals surface area contributed by atoms with Crippen LogP contribution in [-0.2, 0) is 6.42 Å². The number of benzene rings is 3. The molecule has 0 radical (unpaired) electrons. The maximum absolute atomic E-state index is 12.1. The van der Waals surface area contributed by atoms with Gasteiger partial charge in [-0.3, -0.25) is 14.9 Å². The molecule has 0 N–H and O–H groups in total. The lowest BCUT2D eigenvalue weighted by Gasteiger charge is -2.16.